The fraction of sp³-hybridized carbons (Fsp3) is 0.176. The number of amides is 1. The molecule has 3 aromatic carbocycles. The number of carbonyl (C=O) groups excluding carboxylic acids is 1. The Morgan fingerprint density at radius 1 is 0.932 bits per heavy atom. The molecule has 0 bridgehead atoms. The second-order valence-corrected chi connectivity index (χ2v) is 11.0. The molecule has 2 N–H and O–H groups in total. The Morgan fingerprint density at radius 2 is 1.77 bits per heavy atom. The number of para-hydroxylation sites is 1. The number of aromatic nitrogens is 3. The van der Waals surface area contributed by atoms with Crippen LogP contribution < -0.4 is 24.8 Å². The molecule has 6 rings (SSSR count). The van der Waals surface area contributed by atoms with Gasteiger partial charge in [-0.2, -0.15) is 0 Å². The van der Waals surface area contributed by atoms with Crippen molar-refractivity contribution in [2.75, 3.05) is 24.9 Å². The number of fused-ring (bicyclic) bond motifs is 2. The summed E-state index contributed by atoms with van der Waals surface area (Å²) in [6.07, 6.45) is 2.92. The minimum absolute atomic E-state index is 0.250. The number of nitrogens with zero attached hydrogens (tertiary/aromatic N) is 3. The monoisotopic (exact) mass is 605 g/mol. The molecule has 1 unspecified atom stereocenters. The van der Waals surface area contributed by atoms with Crippen molar-refractivity contribution < 1.29 is 19.0 Å². The highest BCUT2D eigenvalue weighted by atomic mass is 32.1. The predicted octanol–water partition coefficient (Wildman–Crippen LogP) is 7.57. The fourth-order valence-electron chi connectivity index (χ4n) is 5.13. The Labute approximate surface area is 258 Å². The molecule has 9 nitrogen and oxygen atoms in total. The molecule has 10 heteroatoms. The number of aryl methyl sites for hydroxylation is 1. The van der Waals surface area contributed by atoms with E-state index < -0.39 is 0 Å². The maximum Gasteiger partial charge on any atom is 0.258 e. The summed E-state index contributed by atoms with van der Waals surface area (Å²) in [6, 6.07) is 21.3. The lowest BCUT2D eigenvalue weighted by atomic mass is 10.0. The third-order valence-corrected chi connectivity index (χ3v) is 8.38. The van der Waals surface area contributed by atoms with Gasteiger partial charge in [-0.05, 0) is 49.7 Å². The predicted molar refractivity (Wildman–Crippen MR) is 174 cm³/mol. The van der Waals surface area contributed by atoms with Crippen LogP contribution >= 0.6 is 11.3 Å². The van der Waals surface area contributed by atoms with Crippen LogP contribution in [-0.4, -0.2) is 35.1 Å². The molecule has 44 heavy (non-hydrogen) atoms. The summed E-state index contributed by atoms with van der Waals surface area (Å²) in [7, 11) is 3.24. The van der Waals surface area contributed by atoms with Gasteiger partial charge in [0.15, 0.2) is 0 Å². The number of pyridine rings is 1. The van der Waals surface area contributed by atoms with Crippen LogP contribution in [-0.2, 0) is 6.54 Å². The van der Waals surface area contributed by atoms with E-state index in [0.717, 1.165) is 43.7 Å². The number of rotatable bonds is 10. The van der Waals surface area contributed by atoms with Crippen molar-refractivity contribution in [3.8, 4) is 17.2 Å². The normalized spacial score (nSPS) is 11.7. The number of carbonyl (C=O) groups is 1. The maximum absolute atomic E-state index is 13.7. The minimum atomic E-state index is -0.298. The van der Waals surface area contributed by atoms with Gasteiger partial charge in [0.2, 0.25) is 0 Å². The summed E-state index contributed by atoms with van der Waals surface area (Å²) in [5.41, 5.74) is 4.45. The summed E-state index contributed by atoms with van der Waals surface area (Å²) in [6.45, 7) is 4.42. The molecule has 0 saturated carbocycles. The minimum Gasteiger partial charge on any atom is -0.497 e. The topological polar surface area (TPSA) is 107 Å². The fourth-order valence-corrected chi connectivity index (χ4v) is 6.10. The first-order valence-electron chi connectivity index (χ1n) is 14.0. The molecule has 222 valence electrons. The molecular formula is C34H31N5O4S. The van der Waals surface area contributed by atoms with Crippen molar-refractivity contribution in [3.63, 3.8) is 0 Å². The first-order chi connectivity index (χ1) is 21.5. The van der Waals surface area contributed by atoms with Crippen molar-refractivity contribution in [2.24, 2.45) is 0 Å². The molecule has 1 amide bonds. The van der Waals surface area contributed by atoms with Crippen molar-refractivity contribution in [2.45, 2.75) is 26.5 Å². The first-order valence-corrected chi connectivity index (χ1v) is 14.9. The Morgan fingerprint density at radius 3 is 2.57 bits per heavy atom. The number of nitrogens with one attached hydrogen (secondary N) is 2. The van der Waals surface area contributed by atoms with E-state index in [1.165, 1.54) is 17.7 Å². The van der Waals surface area contributed by atoms with Gasteiger partial charge in [0, 0.05) is 40.5 Å². The Kier molecular flexibility index (Phi) is 8.25. The molecule has 1 atom stereocenters. The van der Waals surface area contributed by atoms with Crippen LogP contribution in [0.2, 0.25) is 0 Å². The highest BCUT2D eigenvalue weighted by Gasteiger charge is 2.20. The number of benzene rings is 3. The molecule has 0 aliphatic rings. The number of ether oxygens (including phenoxy) is 3. The van der Waals surface area contributed by atoms with E-state index in [0.29, 0.717) is 34.9 Å². The van der Waals surface area contributed by atoms with Gasteiger partial charge in [-0.25, -0.2) is 9.97 Å². The number of methoxy groups -OCH3 is 2. The van der Waals surface area contributed by atoms with Crippen LogP contribution in [0.1, 0.15) is 40.2 Å². The van der Waals surface area contributed by atoms with E-state index in [1.807, 2.05) is 86.0 Å². The number of anilines is 2. The van der Waals surface area contributed by atoms with Crippen LogP contribution in [0.3, 0.4) is 0 Å². The molecular weight excluding hydrogens is 574 g/mol. The molecule has 0 spiro atoms. The number of hydrogen-bond acceptors (Lipinski definition) is 9. The molecule has 0 saturated heterocycles. The molecule has 0 fully saturated rings. The summed E-state index contributed by atoms with van der Waals surface area (Å²) < 4.78 is 17.8. The van der Waals surface area contributed by atoms with Crippen molar-refractivity contribution in [1.82, 2.24) is 15.0 Å². The molecule has 3 heterocycles. The molecule has 0 aliphatic heterocycles. The number of hydrogen-bond donors (Lipinski definition) is 2. The summed E-state index contributed by atoms with van der Waals surface area (Å²) in [4.78, 5) is 27.3. The third kappa shape index (κ3) is 5.71. The lowest BCUT2D eigenvalue weighted by molar-refractivity contribution is 0.102. The lowest BCUT2D eigenvalue weighted by Crippen LogP contribution is -2.14. The van der Waals surface area contributed by atoms with E-state index in [4.69, 9.17) is 14.2 Å². The molecule has 0 radical (unpaired) electrons. The zero-order chi connectivity index (χ0) is 30.6. The second-order valence-electron chi connectivity index (χ2n) is 10.2. The highest BCUT2D eigenvalue weighted by molar-refractivity contribution is 7.18. The highest BCUT2D eigenvalue weighted by Crippen LogP contribution is 2.35. The van der Waals surface area contributed by atoms with Crippen LogP contribution in [0, 0.1) is 6.92 Å². The van der Waals surface area contributed by atoms with Gasteiger partial charge in [0.25, 0.3) is 5.91 Å². The van der Waals surface area contributed by atoms with Gasteiger partial charge in [0.05, 0.1) is 41.4 Å². The van der Waals surface area contributed by atoms with E-state index in [9.17, 15) is 4.79 Å². The van der Waals surface area contributed by atoms with Crippen LogP contribution in [0.15, 0.2) is 84.6 Å². The van der Waals surface area contributed by atoms with E-state index in [1.54, 1.807) is 20.4 Å². The lowest BCUT2D eigenvalue weighted by Gasteiger charge is -2.18. The third-order valence-electron chi connectivity index (χ3n) is 7.40. The zero-order valence-corrected chi connectivity index (χ0v) is 25.6. The van der Waals surface area contributed by atoms with Gasteiger partial charge < -0.3 is 24.8 Å². The number of thiophene rings is 1. The Bertz CT molecular complexity index is 1960. The van der Waals surface area contributed by atoms with Gasteiger partial charge in [0.1, 0.15) is 35.5 Å². The summed E-state index contributed by atoms with van der Waals surface area (Å²) in [5.74, 6) is 2.58. The molecule has 6 aromatic rings. The van der Waals surface area contributed by atoms with Gasteiger partial charge in [-0.15, -0.1) is 11.3 Å². The van der Waals surface area contributed by atoms with E-state index >= 15 is 0 Å². The van der Waals surface area contributed by atoms with Crippen molar-refractivity contribution >= 4 is 49.7 Å². The summed E-state index contributed by atoms with van der Waals surface area (Å²) in [5, 5.41) is 10.1. The van der Waals surface area contributed by atoms with Gasteiger partial charge in [-0.3, -0.25) is 9.78 Å². The second kappa shape index (κ2) is 12.6. The zero-order valence-electron chi connectivity index (χ0n) is 24.8. The van der Waals surface area contributed by atoms with Crippen LogP contribution in [0.5, 0.6) is 17.2 Å². The Balaban J connectivity index is 1.26. The standard InChI is InChI=1S/C34H31N5O4S/c1-20-10-13-25-26(14-15-35-30(25)21(2)43-23-8-6-5-7-9-23)29(20)39-34(40)27-18-44-32-31(27)37-19-38-33(32)36-17-22-11-12-24(41-3)16-28(22)42-4/h5-16,18-19,21H,17H2,1-4H3,(H,39,40)(H,36,37,38). The smallest absolute Gasteiger partial charge is 0.258 e. The van der Waals surface area contributed by atoms with Crippen LogP contribution in [0.25, 0.3) is 21.0 Å². The van der Waals surface area contributed by atoms with E-state index in [2.05, 4.69) is 25.6 Å². The Hall–Kier alpha value is -5.22. The first kappa shape index (κ1) is 28.9. The SMILES string of the molecule is COc1ccc(CNc2ncnc3c(C(=O)Nc4c(C)ccc5c(C(C)Oc6ccccc6)nccc45)csc23)c(OC)c1. The average molecular weight is 606 g/mol. The van der Waals surface area contributed by atoms with E-state index in [-0.39, 0.29) is 12.0 Å². The molecule has 3 aromatic heterocycles. The average Bonchev–Trinajstić information content (AvgIpc) is 3.50. The quantitative estimate of drug-likeness (QED) is 0.165. The summed E-state index contributed by atoms with van der Waals surface area (Å²) >= 11 is 1.42. The van der Waals surface area contributed by atoms with Crippen molar-refractivity contribution in [1.29, 1.82) is 0 Å². The van der Waals surface area contributed by atoms with Gasteiger partial charge in [-0.1, -0.05) is 30.3 Å². The van der Waals surface area contributed by atoms with Crippen LogP contribution in [0.4, 0.5) is 11.5 Å². The van der Waals surface area contributed by atoms with Crippen molar-refractivity contribution in [3.05, 3.63) is 107 Å². The maximum atomic E-state index is 13.7. The van der Waals surface area contributed by atoms with Gasteiger partial charge >= 0.3 is 0 Å². The molecule has 0 aliphatic carbocycles. The largest absolute Gasteiger partial charge is 0.497 e.